The smallest absolute Gasteiger partial charge is 0.407 e. The lowest BCUT2D eigenvalue weighted by atomic mass is 9.96. The average Bonchev–Trinajstić information content (AvgIpc) is 2.80. The minimum absolute atomic E-state index is 0.0331. The van der Waals surface area contributed by atoms with Gasteiger partial charge in [-0.25, -0.2) is 9.78 Å². The third kappa shape index (κ3) is 4.18. The Morgan fingerprint density at radius 2 is 2.37 bits per heavy atom. The van der Waals surface area contributed by atoms with E-state index in [4.69, 9.17) is 4.74 Å². The van der Waals surface area contributed by atoms with Crippen molar-refractivity contribution in [2.75, 3.05) is 6.54 Å². The van der Waals surface area contributed by atoms with Gasteiger partial charge in [0.05, 0.1) is 23.3 Å². The maximum atomic E-state index is 11.9. The van der Waals surface area contributed by atoms with Gasteiger partial charge < -0.3 is 15.4 Å². The van der Waals surface area contributed by atoms with Gasteiger partial charge in [0.25, 0.3) is 0 Å². The van der Waals surface area contributed by atoms with Crippen LogP contribution >= 0.6 is 11.3 Å². The first-order valence-electron chi connectivity index (χ1n) is 6.57. The van der Waals surface area contributed by atoms with Crippen LogP contribution in [0.15, 0.2) is 10.9 Å². The molecule has 0 radical (unpaired) electrons. The van der Waals surface area contributed by atoms with E-state index >= 15 is 0 Å². The SMILES string of the molecule is CC(C)(C)OC(=O)N[C@H]1CCCNC1c1cscn1. The average molecular weight is 283 g/mol. The Morgan fingerprint density at radius 1 is 1.58 bits per heavy atom. The molecule has 1 aliphatic rings. The molecule has 1 amide bonds. The van der Waals surface area contributed by atoms with Crippen molar-refractivity contribution >= 4 is 17.4 Å². The molecule has 0 aromatic carbocycles. The second-order valence-corrected chi connectivity index (χ2v) is 6.46. The van der Waals surface area contributed by atoms with Gasteiger partial charge in [-0.15, -0.1) is 11.3 Å². The van der Waals surface area contributed by atoms with Gasteiger partial charge in [-0.1, -0.05) is 0 Å². The third-order valence-electron chi connectivity index (χ3n) is 2.93. The summed E-state index contributed by atoms with van der Waals surface area (Å²) in [4.78, 5) is 16.2. The van der Waals surface area contributed by atoms with E-state index in [-0.39, 0.29) is 18.2 Å². The number of alkyl carbamates (subject to hydrolysis) is 1. The highest BCUT2D eigenvalue weighted by Gasteiger charge is 2.30. The molecule has 0 aliphatic carbocycles. The quantitative estimate of drug-likeness (QED) is 0.875. The molecule has 2 heterocycles. The molecule has 1 aromatic heterocycles. The zero-order valence-electron chi connectivity index (χ0n) is 11.6. The van der Waals surface area contributed by atoms with Gasteiger partial charge in [-0.05, 0) is 40.2 Å². The van der Waals surface area contributed by atoms with Gasteiger partial charge in [0.1, 0.15) is 5.60 Å². The molecule has 0 spiro atoms. The van der Waals surface area contributed by atoms with Crippen LogP contribution in [-0.4, -0.2) is 29.3 Å². The fraction of sp³-hybridized carbons (Fsp3) is 0.692. The predicted molar refractivity (Wildman–Crippen MR) is 75.2 cm³/mol. The minimum atomic E-state index is -0.470. The number of piperidine rings is 1. The summed E-state index contributed by atoms with van der Waals surface area (Å²) in [6, 6.07) is 0.109. The molecule has 2 rings (SSSR count). The maximum Gasteiger partial charge on any atom is 0.407 e. The molecule has 2 atom stereocenters. The number of carbonyl (C=O) groups excluding carboxylic acids is 1. The number of aromatic nitrogens is 1. The first-order chi connectivity index (χ1) is 8.96. The molecule has 1 unspecified atom stereocenters. The minimum Gasteiger partial charge on any atom is -0.444 e. The highest BCUT2D eigenvalue weighted by atomic mass is 32.1. The lowest BCUT2D eigenvalue weighted by molar-refractivity contribution is 0.0481. The topological polar surface area (TPSA) is 63.2 Å². The molecule has 1 aliphatic heterocycles. The van der Waals surface area contributed by atoms with E-state index in [9.17, 15) is 4.79 Å². The summed E-state index contributed by atoms with van der Waals surface area (Å²) in [5, 5.41) is 8.39. The van der Waals surface area contributed by atoms with E-state index in [2.05, 4.69) is 15.6 Å². The Labute approximate surface area is 117 Å². The van der Waals surface area contributed by atoms with Crippen molar-refractivity contribution in [1.82, 2.24) is 15.6 Å². The summed E-state index contributed by atoms with van der Waals surface area (Å²) < 4.78 is 5.31. The predicted octanol–water partition coefficient (Wildman–Crippen LogP) is 2.46. The molecule has 0 bridgehead atoms. The van der Waals surface area contributed by atoms with Gasteiger partial charge >= 0.3 is 6.09 Å². The normalized spacial score (nSPS) is 23.9. The number of hydrogen-bond acceptors (Lipinski definition) is 5. The van der Waals surface area contributed by atoms with Crippen LogP contribution in [0.1, 0.15) is 45.3 Å². The third-order valence-corrected chi connectivity index (χ3v) is 3.54. The van der Waals surface area contributed by atoms with Gasteiger partial charge in [0.2, 0.25) is 0 Å². The van der Waals surface area contributed by atoms with Crippen LogP contribution in [-0.2, 0) is 4.74 Å². The van der Waals surface area contributed by atoms with Gasteiger partial charge in [0, 0.05) is 5.38 Å². The summed E-state index contributed by atoms with van der Waals surface area (Å²) >= 11 is 1.57. The van der Waals surface area contributed by atoms with E-state index in [0.29, 0.717) is 0 Å². The standard InChI is InChI=1S/C13H21N3O2S/c1-13(2,3)18-12(17)16-9-5-4-6-14-11(9)10-7-19-8-15-10/h7-9,11,14H,4-6H2,1-3H3,(H,16,17)/t9-,11?/m0/s1. The number of hydrogen-bond donors (Lipinski definition) is 2. The van der Waals surface area contributed by atoms with Crippen LogP contribution in [0.5, 0.6) is 0 Å². The van der Waals surface area contributed by atoms with Crippen molar-refractivity contribution in [3.8, 4) is 0 Å². The molecule has 5 nitrogen and oxygen atoms in total. The van der Waals surface area contributed by atoms with E-state index in [1.165, 1.54) is 0 Å². The fourth-order valence-corrected chi connectivity index (χ4v) is 2.78. The molecule has 19 heavy (non-hydrogen) atoms. The molecular weight excluding hydrogens is 262 g/mol. The van der Waals surface area contributed by atoms with Crippen LogP contribution in [0.2, 0.25) is 0 Å². The van der Waals surface area contributed by atoms with Crippen molar-refractivity contribution in [3.63, 3.8) is 0 Å². The Kier molecular flexibility index (Phi) is 4.42. The Hall–Kier alpha value is -1.14. The number of carbonyl (C=O) groups is 1. The Morgan fingerprint density at radius 3 is 3.00 bits per heavy atom. The second-order valence-electron chi connectivity index (χ2n) is 5.74. The zero-order chi connectivity index (χ0) is 13.9. The van der Waals surface area contributed by atoms with Crippen LogP contribution in [0.4, 0.5) is 4.79 Å². The summed E-state index contributed by atoms with van der Waals surface area (Å²) in [6.45, 7) is 6.55. The van der Waals surface area contributed by atoms with Crippen molar-refractivity contribution in [2.45, 2.75) is 51.3 Å². The van der Waals surface area contributed by atoms with E-state index in [1.807, 2.05) is 31.7 Å². The first kappa shape index (κ1) is 14.3. The summed E-state index contributed by atoms with van der Waals surface area (Å²) in [6.07, 6.45) is 1.62. The lowest BCUT2D eigenvalue weighted by Gasteiger charge is -2.32. The van der Waals surface area contributed by atoms with Gasteiger partial charge in [0.15, 0.2) is 0 Å². The fourth-order valence-electron chi connectivity index (χ4n) is 2.19. The number of ether oxygens (including phenoxy) is 1. The van der Waals surface area contributed by atoms with Crippen LogP contribution in [0, 0.1) is 0 Å². The Bertz CT molecular complexity index is 414. The first-order valence-corrected chi connectivity index (χ1v) is 7.51. The largest absolute Gasteiger partial charge is 0.444 e. The monoisotopic (exact) mass is 283 g/mol. The molecule has 1 fully saturated rings. The zero-order valence-corrected chi connectivity index (χ0v) is 12.4. The number of nitrogens with one attached hydrogen (secondary N) is 2. The molecule has 0 saturated carbocycles. The number of rotatable bonds is 2. The Balaban J connectivity index is 1.98. The van der Waals surface area contributed by atoms with Crippen molar-refractivity contribution in [3.05, 3.63) is 16.6 Å². The molecule has 6 heteroatoms. The second kappa shape index (κ2) is 5.88. The number of amides is 1. The number of thiazole rings is 1. The highest BCUT2D eigenvalue weighted by Crippen LogP contribution is 2.23. The summed E-state index contributed by atoms with van der Waals surface area (Å²) in [5.74, 6) is 0. The van der Waals surface area contributed by atoms with Gasteiger partial charge in [-0.3, -0.25) is 0 Å². The van der Waals surface area contributed by atoms with Crippen molar-refractivity contribution < 1.29 is 9.53 Å². The van der Waals surface area contributed by atoms with Gasteiger partial charge in [-0.2, -0.15) is 0 Å². The van der Waals surface area contributed by atoms with E-state index in [0.717, 1.165) is 25.1 Å². The van der Waals surface area contributed by atoms with E-state index in [1.54, 1.807) is 11.3 Å². The number of nitrogens with zero attached hydrogens (tertiary/aromatic N) is 1. The molecule has 2 N–H and O–H groups in total. The summed E-state index contributed by atoms with van der Waals surface area (Å²) in [5.41, 5.74) is 2.34. The van der Waals surface area contributed by atoms with Crippen LogP contribution < -0.4 is 10.6 Å². The van der Waals surface area contributed by atoms with E-state index < -0.39 is 5.60 Å². The van der Waals surface area contributed by atoms with Crippen LogP contribution in [0.3, 0.4) is 0 Å². The highest BCUT2D eigenvalue weighted by molar-refractivity contribution is 7.07. The van der Waals surface area contributed by atoms with Crippen LogP contribution in [0.25, 0.3) is 0 Å². The van der Waals surface area contributed by atoms with Crippen molar-refractivity contribution in [2.24, 2.45) is 0 Å². The molecule has 106 valence electrons. The maximum absolute atomic E-state index is 11.9. The molecule has 1 saturated heterocycles. The molecular formula is C13H21N3O2S. The lowest BCUT2D eigenvalue weighted by Crippen LogP contribution is -2.49. The molecule has 1 aromatic rings. The summed E-state index contributed by atoms with van der Waals surface area (Å²) in [7, 11) is 0. The van der Waals surface area contributed by atoms with Crippen molar-refractivity contribution in [1.29, 1.82) is 0 Å².